The molecule has 0 radical (unpaired) electrons. The average Bonchev–Trinajstić information content (AvgIpc) is 2.63. The van der Waals surface area contributed by atoms with E-state index in [0.717, 1.165) is 16.8 Å². The Kier molecular flexibility index (Phi) is 4.86. The van der Waals surface area contributed by atoms with Crippen LogP contribution in [-0.2, 0) is 0 Å². The van der Waals surface area contributed by atoms with Crippen LogP contribution in [-0.4, -0.2) is 27.1 Å². The number of pyridine rings is 1. The predicted molar refractivity (Wildman–Crippen MR) is 96.2 cm³/mol. The zero-order valence-electron chi connectivity index (χ0n) is 13.4. The minimum atomic E-state index is -0.218. The summed E-state index contributed by atoms with van der Waals surface area (Å²) in [6.45, 7) is 2.00. The summed E-state index contributed by atoms with van der Waals surface area (Å²) in [4.78, 5) is 25.3. The van der Waals surface area contributed by atoms with E-state index >= 15 is 0 Å². The third-order valence-electron chi connectivity index (χ3n) is 3.44. The van der Waals surface area contributed by atoms with Gasteiger partial charge in [-0.25, -0.2) is 9.97 Å². The molecule has 6 heteroatoms. The number of benzene rings is 1. The summed E-state index contributed by atoms with van der Waals surface area (Å²) in [7, 11) is 0. The maximum Gasteiger partial charge on any atom is 0.259 e. The average molecular weight is 336 g/mol. The second-order valence-corrected chi connectivity index (χ2v) is 5.97. The molecule has 0 saturated heterocycles. The van der Waals surface area contributed by atoms with Crippen molar-refractivity contribution in [1.29, 1.82) is 0 Å². The number of amides is 1. The minimum absolute atomic E-state index is 0.218. The summed E-state index contributed by atoms with van der Waals surface area (Å²) in [6, 6.07) is 11.3. The summed E-state index contributed by atoms with van der Waals surface area (Å²) in [5.74, 6) is 0.359. The van der Waals surface area contributed by atoms with E-state index < -0.39 is 0 Å². The summed E-state index contributed by atoms with van der Waals surface area (Å²) in [5.41, 5.74) is 3.21. The topological polar surface area (TPSA) is 67.8 Å². The van der Waals surface area contributed by atoms with Gasteiger partial charge in [0.1, 0.15) is 5.03 Å². The number of hydrogen-bond acceptors (Lipinski definition) is 5. The number of anilines is 1. The van der Waals surface area contributed by atoms with Crippen molar-refractivity contribution < 1.29 is 4.79 Å². The molecule has 120 valence electrons. The lowest BCUT2D eigenvalue weighted by atomic mass is 10.2. The molecule has 5 nitrogen and oxygen atoms in total. The number of carbonyl (C=O) groups is 1. The summed E-state index contributed by atoms with van der Waals surface area (Å²) < 4.78 is 0. The van der Waals surface area contributed by atoms with Crippen LogP contribution in [0.3, 0.4) is 0 Å². The molecular formula is C18H16N4OS. The normalized spacial score (nSPS) is 10.4. The summed E-state index contributed by atoms with van der Waals surface area (Å²) in [5, 5.41) is 3.52. The van der Waals surface area contributed by atoms with Crippen LogP contribution in [0.5, 0.6) is 0 Å². The maximum atomic E-state index is 12.5. The molecule has 1 aromatic carbocycles. The van der Waals surface area contributed by atoms with Crippen molar-refractivity contribution in [2.45, 2.75) is 11.9 Å². The number of aromatic nitrogens is 3. The molecule has 0 atom stereocenters. The highest BCUT2D eigenvalue weighted by atomic mass is 32.2. The number of nitrogens with one attached hydrogen (secondary N) is 1. The van der Waals surface area contributed by atoms with Crippen LogP contribution in [0.4, 0.5) is 5.69 Å². The minimum Gasteiger partial charge on any atom is -0.322 e. The highest BCUT2D eigenvalue weighted by Gasteiger charge is 2.15. The molecule has 2 heterocycles. The van der Waals surface area contributed by atoms with Gasteiger partial charge in [0.2, 0.25) is 0 Å². The highest BCUT2D eigenvalue weighted by Crippen LogP contribution is 2.22. The first-order valence-corrected chi connectivity index (χ1v) is 8.59. The monoisotopic (exact) mass is 336 g/mol. The largest absolute Gasteiger partial charge is 0.322 e. The SMILES string of the molecule is CSc1nc(-c2ccncc2)ncc1C(=O)Nc1ccc(C)cc1. The van der Waals surface area contributed by atoms with Crippen LogP contribution in [0.2, 0.25) is 0 Å². The van der Waals surface area contributed by atoms with E-state index in [4.69, 9.17) is 0 Å². The Bertz CT molecular complexity index is 851. The Morgan fingerprint density at radius 1 is 1.08 bits per heavy atom. The van der Waals surface area contributed by atoms with E-state index in [0.29, 0.717) is 16.4 Å². The molecule has 0 saturated carbocycles. The molecule has 0 aliphatic rings. The third-order valence-corrected chi connectivity index (χ3v) is 4.14. The van der Waals surface area contributed by atoms with Crippen molar-refractivity contribution in [2.75, 3.05) is 11.6 Å². The smallest absolute Gasteiger partial charge is 0.259 e. The Labute approximate surface area is 144 Å². The van der Waals surface area contributed by atoms with Gasteiger partial charge in [0.05, 0.1) is 5.56 Å². The van der Waals surface area contributed by atoms with E-state index in [9.17, 15) is 4.79 Å². The zero-order chi connectivity index (χ0) is 16.9. The number of thioether (sulfide) groups is 1. The van der Waals surface area contributed by atoms with E-state index in [1.54, 1.807) is 18.6 Å². The van der Waals surface area contributed by atoms with Gasteiger partial charge in [-0.15, -0.1) is 11.8 Å². The van der Waals surface area contributed by atoms with E-state index in [2.05, 4.69) is 20.3 Å². The number of nitrogens with zero attached hydrogens (tertiary/aromatic N) is 3. The fourth-order valence-electron chi connectivity index (χ4n) is 2.15. The fourth-order valence-corrected chi connectivity index (χ4v) is 2.70. The molecule has 24 heavy (non-hydrogen) atoms. The molecule has 3 aromatic rings. The molecule has 0 unspecified atom stereocenters. The van der Waals surface area contributed by atoms with Gasteiger partial charge in [0.15, 0.2) is 5.82 Å². The van der Waals surface area contributed by atoms with Crippen molar-refractivity contribution in [3.05, 3.63) is 66.1 Å². The first kappa shape index (κ1) is 16.1. The molecule has 1 N–H and O–H groups in total. The van der Waals surface area contributed by atoms with Gasteiger partial charge in [0, 0.05) is 29.8 Å². The van der Waals surface area contributed by atoms with Gasteiger partial charge in [-0.3, -0.25) is 9.78 Å². The third kappa shape index (κ3) is 3.60. The van der Waals surface area contributed by atoms with Gasteiger partial charge in [-0.1, -0.05) is 17.7 Å². The predicted octanol–water partition coefficient (Wildman–Crippen LogP) is 3.82. The number of hydrogen-bond donors (Lipinski definition) is 1. The molecule has 3 rings (SSSR count). The van der Waals surface area contributed by atoms with Crippen LogP contribution in [0.15, 0.2) is 60.0 Å². The van der Waals surface area contributed by atoms with Crippen LogP contribution in [0, 0.1) is 6.92 Å². The van der Waals surface area contributed by atoms with E-state index in [1.165, 1.54) is 11.8 Å². The second kappa shape index (κ2) is 7.23. The lowest BCUT2D eigenvalue weighted by Crippen LogP contribution is -2.14. The molecular weight excluding hydrogens is 320 g/mol. The maximum absolute atomic E-state index is 12.5. The molecule has 0 spiro atoms. The van der Waals surface area contributed by atoms with Crippen LogP contribution in [0.1, 0.15) is 15.9 Å². The van der Waals surface area contributed by atoms with Gasteiger partial charge >= 0.3 is 0 Å². The molecule has 0 fully saturated rings. The summed E-state index contributed by atoms with van der Waals surface area (Å²) in [6.07, 6.45) is 6.84. The lowest BCUT2D eigenvalue weighted by molar-refractivity contribution is 0.102. The Morgan fingerprint density at radius 3 is 2.46 bits per heavy atom. The molecule has 0 bridgehead atoms. The van der Waals surface area contributed by atoms with Gasteiger partial charge in [0.25, 0.3) is 5.91 Å². The van der Waals surface area contributed by atoms with E-state index in [-0.39, 0.29) is 5.91 Å². The van der Waals surface area contributed by atoms with Crippen molar-refractivity contribution in [3.63, 3.8) is 0 Å². The van der Waals surface area contributed by atoms with Gasteiger partial charge in [-0.05, 0) is 37.4 Å². The van der Waals surface area contributed by atoms with Crippen molar-refractivity contribution in [1.82, 2.24) is 15.0 Å². The van der Waals surface area contributed by atoms with Crippen molar-refractivity contribution >= 4 is 23.4 Å². The van der Waals surface area contributed by atoms with Crippen molar-refractivity contribution in [3.8, 4) is 11.4 Å². The van der Waals surface area contributed by atoms with Crippen molar-refractivity contribution in [2.24, 2.45) is 0 Å². The molecule has 0 aliphatic carbocycles. The Balaban J connectivity index is 1.87. The number of carbonyl (C=O) groups excluding carboxylic acids is 1. The van der Waals surface area contributed by atoms with Crippen LogP contribution < -0.4 is 5.32 Å². The zero-order valence-corrected chi connectivity index (χ0v) is 14.2. The second-order valence-electron chi connectivity index (χ2n) is 5.17. The van der Waals surface area contributed by atoms with Crippen LogP contribution in [0.25, 0.3) is 11.4 Å². The lowest BCUT2D eigenvalue weighted by Gasteiger charge is -2.09. The molecule has 0 aliphatic heterocycles. The summed E-state index contributed by atoms with van der Waals surface area (Å²) >= 11 is 1.42. The molecule has 1 amide bonds. The quantitative estimate of drug-likeness (QED) is 0.579. The standard InChI is InChI=1S/C18H16N4OS/c1-12-3-5-14(6-4-12)21-17(23)15-11-20-16(22-18(15)24-2)13-7-9-19-10-8-13/h3-11H,1-2H3,(H,21,23). The first-order valence-electron chi connectivity index (χ1n) is 7.37. The van der Waals surface area contributed by atoms with E-state index in [1.807, 2.05) is 49.6 Å². The van der Waals surface area contributed by atoms with Gasteiger partial charge < -0.3 is 5.32 Å². The van der Waals surface area contributed by atoms with Gasteiger partial charge in [-0.2, -0.15) is 0 Å². The Morgan fingerprint density at radius 2 is 1.79 bits per heavy atom. The molecule has 2 aromatic heterocycles. The fraction of sp³-hybridized carbons (Fsp3) is 0.111. The Hall–Kier alpha value is -2.73. The highest BCUT2D eigenvalue weighted by molar-refractivity contribution is 7.98. The number of aryl methyl sites for hydroxylation is 1. The first-order chi connectivity index (χ1) is 11.7. The van der Waals surface area contributed by atoms with Crippen LogP contribution >= 0.6 is 11.8 Å². The number of rotatable bonds is 4.